The molecule has 0 radical (unpaired) electrons. The Hall–Kier alpha value is -2.20. The highest BCUT2D eigenvalue weighted by atomic mass is 35.5. The van der Waals surface area contributed by atoms with Crippen molar-refractivity contribution in [1.82, 2.24) is 0 Å². The van der Waals surface area contributed by atoms with Crippen LogP contribution in [0.5, 0.6) is 17.2 Å². The number of carbonyl (C=O) groups excluding carboxylic acids is 1. The third kappa shape index (κ3) is 2.70. The van der Waals surface area contributed by atoms with Gasteiger partial charge in [-0.2, -0.15) is 0 Å². The van der Waals surface area contributed by atoms with E-state index >= 15 is 0 Å². The van der Waals surface area contributed by atoms with Crippen LogP contribution in [-0.4, -0.2) is 12.8 Å². The van der Waals surface area contributed by atoms with Crippen LogP contribution in [0, 0.1) is 0 Å². The van der Waals surface area contributed by atoms with E-state index in [0.29, 0.717) is 22.3 Å². The Bertz CT molecular complexity index is 654. The molecule has 0 spiro atoms. The number of fused-ring (bicyclic) bond motifs is 1. The van der Waals surface area contributed by atoms with Gasteiger partial charge in [0.1, 0.15) is 5.75 Å². The van der Waals surface area contributed by atoms with Crippen molar-refractivity contribution in [3.05, 3.63) is 53.1 Å². The fourth-order valence-corrected chi connectivity index (χ4v) is 2.11. The molecule has 102 valence electrons. The summed E-state index contributed by atoms with van der Waals surface area (Å²) in [4.78, 5) is 11.9. The Labute approximate surface area is 120 Å². The summed E-state index contributed by atoms with van der Waals surface area (Å²) in [5.41, 5.74) is 0.736. The fraction of sp³-hybridized carbons (Fsp3) is 0.133. The molecule has 0 N–H and O–H groups in total. The summed E-state index contributed by atoms with van der Waals surface area (Å²) in [6.07, 6.45) is 0.119. The minimum Gasteiger partial charge on any atom is -0.454 e. The molecule has 0 bridgehead atoms. The molecule has 3 rings (SSSR count). The predicted molar refractivity (Wildman–Crippen MR) is 73.4 cm³/mol. The lowest BCUT2D eigenvalue weighted by Gasteiger charge is -2.06. The van der Waals surface area contributed by atoms with Crippen molar-refractivity contribution in [1.29, 1.82) is 0 Å². The lowest BCUT2D eigenvalue weighted by molar-refractivity contribution is -0.133. The molecule has 1 aliphatic heterocycles. The highest BCUT2D eigenvalue weighted by Gasteiger charge is 2.15. The van der Waals surface area contributed by atoms with E-state index in [-0.39, 0.29) is 19.2 Å². The minimum absolute atomic E-state index is 0.119. The van der Waals surface area contributed by atoms with Crippen LogP contribution in [0.4, 0.5) is 0 Å². The van der Waals surface area contributed by atoms with Crippen LogP contribution in [0.1, 0.15) is 5.56 Å². The number of ether oxygens (including phenoxy) is 3. The number of halogens is 1. The molecule has 20 heavy (non-hydrogen) atoms. The van der Waals surface area contributed by atoms with Crippen molar-refractivity contribution in [2.24, 2.45) is 0 Å². The molecule has 0 aromatic heterocycles. The molecule has 0 amide bonds. The van der Waals surface area contributed by atoms with Gasteiger partial charge in [-0.15, -0.1) is 0 Å². The van der Waals surface area contributed by atoms with E-state index in [0.717, 1.165) is 5.56 Å². The summed E-state index contributed by atoms with van der Waals surface area (Å²) in [5, 5.41) is 0.551. The van der Waals surface area contributed by atoms with Crippen LogP contribution < -0.4 is 14.2 Å². The standard InChI is InChI=1S/C15H11ClO4/c16-12-4-2-1-3-10(12)7-15(17)20-11-5-6-13-14(8-11)19-9-18-13/h1-6,8H,7,9H2. The van der Waals surface area contributed by atoms with Crippen LogP contribution in [0.3, 0.4) is 0 Å². The van der Waals surface area contributed by atoms with Gasteiger partial charge < -0.3 is 14.2 Å². The molecule has 4 nitrogen and oxygen atoms in total. The Kier molecular flexibility index (Phi) is 3.48. The average Bonchev–Trinajstić information content (AvgIpc) is 2.89. The van der Waals surface area contributed by atoms with Crippen molar-refractivity contribution in [2.75, 3.05) is 6.79 Å². The van der Waals surface area contributed by atoms with E-state index in [1.165, 1.54) is 0 Å². The Balaban J connectivity index is 1.69. The first-order valence-corrected chi connectivity index (χ1v) is 6.44. The smallest absolute Gasteiger partial charge is 0.315 e. The number of esters is 1. The molecule has 2 aromatic rings. The van der Waals surface area contributed by atoms with Gasteiger partial charge in [0.25, 0.3) is 0 Å². The average molecular weight is 291 g/mol. The molecule has 5 heteroatoms. The molecule has 0 saturated carbocycles. The lowest BCUT2D eigenvalue weighted by atomic mass is 10.1. The van der Waals surface area contributed by atoms with Crippen molar-refractivity contribution < 1.29 is 19.0 Å². The van der Waals surface area contributed by atoms with E-state index in [4.69, 9.17) is 25.8 Å². The molecule has 1 aliphatic rings. The summed E-state index contributed by atoms with van der Waals surface area (Å²) < 4.78 is 15.7. The molecule has 0 aliphatic carbocycles. The van der Waals surface area contributed by atoms with Crippen LogP contribution in [0.15, 0.2) is 42.5 Å². The Morgan fingerprint density at radius 2 is 1.95 bits per heavy atom. The van der Waals surface area contributed by atoms with Gasteiger partial charge in [-0.05, 0) is 23.8 Å². The molecular formula is C15H11ClO4. The summed E-state index contributed by atoms with van der Waals surface area (Å²) >= 11 is 6.00. The van der Waals surface area contributed by atoms with Crippen molar-refractivity contribution in [2.45, 2.75) is 6.42 Å². The van der Waals surface area contributed by atoms with Crippen LogP contribution >= 0.6 is 11.6 Å². The second-order valence-electron chi connectivity index (χ2n) is 4.26. The van der Waals surface area contributed by atoms with Gasteiger partial charge in [-0.25, -0.2) is 0 Å². The number of hydrogen-bond acceptors (Lipinski definition) is 4. The molecule has 0 atom stereocenters. The second-order valence-corrected chi connectivity index (χ2v) is 4.66. The van der Waals surface area contributed by atoms with E-state index in [2.05, 4.69) is 0 Å². The summed E-state index contributed by atoms with van der Waals surface area (Å²) in [7, 11) is 0. The van der Waals surface area contributed by atoms with Gasteiger partial charge in [0, 0.05) is 11.1 Å². The molecule has 0 fully saturated rings. The Morgan fingerprint density at radius 3 is 2.80 bits per heavy atom. The molecule has 0 unspecified atom stereocenters. The maximum Gasteiger partial charge on any atom is 0.315 e. The quantitative estimate of drug-likeness (QED) is 0.643. The third-order valence-corrected chi connectivity index (χ3v) is 3.24. The van der Waals surface area contributed by atoms with Gasteiger partial charge in [0.15, 0.2) is 11.5 Å². The highest BCUT2D eigenvalue weighted by molar-refractivity contribution is 6.31. The molecular weight excluding hydrogens is 280 g/mol. The normalized spacial score (nSPS) is 12.2. The molecule has 2 aromatic carbocycles. The van der Waals surface area contributed by atoms with Crippen LogP contribution in [0.25, 0.3) is 0 Å². The van der Waals surface area contributed by atoms with E-state index < -0.39 is 0 Å². The molecule has 0 saturated heterocycles. The zero-order valence-corrected chi connectivity index (χ0v) is 11.2. The SMILES string of the molecule is O=C(Cc1ccccc1Cl)Oc1ccc2c(c1)OCO2. The minimum atomic E-state index is -0.378. The summed E-state index contributed by atoms with van der Waals surface area (Å²) in [5.74, 6) is 1.27. The number of carbonyl (C=O) groups is 1. The van der Waals surface area contributed by atoms with E-state index in [1.807, 2.05) is 12.1 Å². The topological polar surface area (TPSA) is 44.8 Å². The third-order valence-electron chi connectivity index (χ3n) is 2.87. The predicted octanol–water partition coefficient (Wildman–Crippen LogP) is 3.22. The first-order chi connectivity index (χ1) is 9.72. The van der Waals surface area contributed by atoms with Gasteiger partial charge in [0.05, 0.1) is 6.42 Å². The fourth-order valence-electron chi connectivity index (χ4n) is 1.91. The van der Waals surface area contributed by atoms with Crippen LogP contribution in [0.2, 0.25) is 5.02 Å². The maximum atomic E-state index is 11.9. The van der Waals surface area contributed by atoms with E-state index in [1.54, 1.807) is 30.3 Å². The van der Waals surface area contributed by atoms with Crippen molar-refractivity contribution in [3.8, 4) is 17.2 Å². The van der Waals surface area contributed by atoms with Gasteiger partial charge >= 0.3 is 5.97 Å². The van der Waals surface area contributed by atoms with Crippen molar-refractivity contribution in [3.63, 3.8) is 0 Å². The lowest BCUT2D eigenvalue weighted by Crippen LogP contribution is -2.11. The second kappa shape index (κ2) is 5.43. The highest BCUT2D eigenvalue weighted by Crippen LogP contribution is 2.35. The largest absolute Gasteiger partial charge is 0.454 e. The number of hydrogen-bond donors (Lipinski definition) is 0. The van der Waals surface area contributed by atoms with Crippen LogP contribution in [-0.2, 0) is 11.2 Å². The molecule has 1 heterocycles. The number of rotatable bonds is 3. The van der Waals surface area contributed by atoms with Gasteiger partial charge in [-0.1, -0.05) is 29.8 Å². The summed E-state index contributed by atoms with van der Waals surface area (Å²) in [6, 6.07) is 12.2. The zero-order valence-electron chi connectivity index (χ0n) is 10.5. The Morgan fingerprint density at radius 1 is 1.15 bits per heavy atom. The van der Waals surface area contributed by atoms with Gasteiger partial charge in [-0.3, -0.25) is 4.79 Å². The van der Waals surface area contributed by atoms with Crippen molar-refractivity contribution >= 4 is 17.6 Å². The first-order valence-electron chi connectivity index (χ1n) is 6.06. The summed E-state index contributed by atoms with van der Waals surface area (Å²) in [6.45, 7) is 0.187. The first kappa shape index (κ1) is 12.8. The zero-order chi connectivity index (χ0) is 13.9. The van der Waals surface area contributed by atoms with Gasteiger partial charge in [0.2, 0.25) is 6.79 Å². The number of benzene rings is 2. The maximum absolute atomic E-state index is 11.9. The monoisotopic (exact) mass is 290 g/mol. The van der Waals surface area contributed by atoms with E-state index in [9.17, 15) is 4.79 Å².